The minimum Gasteiger partial charge on any atom is -0.444 e. The molecule has 0 spiro atoms. The molecule has 5 heteroatoms. The second-order valence-electron chi connectivity index (χ2n) is 5.68. The Morgan fingerprint density at radius 2 is 2.17 bits per heavy atom. The van der Waals surface area contributed by atoms with E-state index in [0.717, 1.165) is 5.56 Å². The highest BCUT2D eigenvalue weighted by atomic mass is 79.9. The van der Waals surface area contributed by atoms with Gasteiger partial charge in [0, 0.05) is 5.56 Å². The number of aryl methyl sites for hydroxylation is 1. The van der Waals surface area contributed by atoms with Crippen molar-refractivity contribution < 1.29 is 14.3 Å². The van der Waals surface area contributed by atoms with Crippen molar-refractivity contribution in [2.45, 2.75) is 40.2 Å². The fourth-order valence-corrected chi connectivity index (χ4v) is 2.33. The van der Waals surface area contributed by atoms with Crippen LogP contribution in [0.25, 0.3) is 0 Å². The predicted molar refractivity (Wildman–Crippen MR) is 73.6 cm³/mol. The highest BCUT2D eigenvalue weighted by Gasteiger charge is 2.22. The predicted octanol–water partition coefficient (Wildman–Crippen LogP) is 2.88. The molecule has 0 fully saturated rings. The lowest BCUT2D eigenvalue weighted by atomic mass is 9.88. The first-order valence-electron chi connectivity index (χ1n) is 5.90. The zero-order valence-electron chi connectivity index (χ0n) is 11.2. The number of rotatable bonds is 4. The van der Waals surface area contributed by atoms with Gasteiger partial charge in [-0.05, 0) is 40.8 Å². The lowest BCUT2D eigenvalue weighted by molar-refractivity contribution is 0.0867. The lowest BCUT2D eigenvalue weighted by Gasteiger charge is -2.25. The maximum Gasteiger partial charge on any atom is 0.287 e. The highest BCUT2D eigenvalue weighted by molar-refractivity contribution is 9.10. The van der Waals surface area contributed by atoms with Crippen LogP contribution in [-0.2, 0) is 0 Å². The van der Waals surface area contributed by atoms with E-state index in [2.05, 4.69) is 42.0 Å². The van der Waals surface area contributed by atoms with Crippen molar-refractivity contribution in [3.05, 3.63) is 22.1 Å². The summed E-state index contributed by atoms with van der Waals surface area (Å²) < 4.78 is 5.80. The van der Waals surface area contributed by atoms with E-state index in [9.17, 15) is 9.90 Å². The molecule has 1 atom stereocenters. The van der Waals surface area contributed by atoms with E-state index in [0.29, 0.717) is 11.1 Å². The number of amides is 1. The fraction of sp³-hybridized carbons (Fsp3) is 0.615. The lowest BCUT2D eigenvalue weighted by Crippen LogP contribution is -2.40. The van der Waals surface area contributed by atoms with Crippen molar-refractivity contribution in [3.63, 3.8) is 0 Å². The van der Waals surface area contributed by atoms with E-state index in [1.54, 1.807) is 13.0 Å². The van der Waals surface area contributed by atoms with Gasteiger partial charge in [-0.1, -0.05) is 20.8 Å². The molecule has 0 aliphatic carbocycles. The first kappa shape index (κ1) is 15.2. The Morgan fingerprint density at radius 3 is 2.56 bits per heavy atom. The third kappa shape index (κ3) is 4.46. The summed E-state index contributed by atoms with van der Waals surface area (Å²) in [6.07, 6.45) is 0.705. The molecule has 18 heavy (non-hydrogen) atoms. The summed E-state index contributed by atoms with van der Waals surface area (Å²) in [7, 11) is 0. The van der Waals surface area contributed by atoms with Gasteiger partial charge in [0.25, 0.3) is 5.91 Å². The molecule has 0 bridgehead atoms. The van der Waals surface area contributed by atoms with Gasteiger partial charge in [-0.3, -0.25) is 4.79 Å². The molecular formula is C13H20BrNO3. The molecule has 1 rings (SSSR count). The molecule has 0 aromatic carbocycles. The maximum absolute atomic E-state index is 12.0. The topological polar surface area (TPSA) is 62.5 Å². The highest BCUT2D eigenvalue weighted by Crippen LogP contribution is 2.22. The molecule has 1 aromatic rings. The van der Waals surface area contributed by atoms with Gasteiger partial charge in [-0.15, -0.1) is 0 Å². The van der Waals surface area contributed by atoms with Crippen molar-refractivity contribution in [2.75, 3.05) is 6.61 Å². The van der Waals surface area contributed by atoms with Crippen LogP contribution in [0.4, 0.5) is 0 Å². The van der Waals surface area contributed by atoms with Gasteiger partial charge >= 0.3 is 0 Å². The molecule has 1 aromatic heterocycles. The van der Waals surface area contributed by atoms with Crippen LogP contribution in [0.15, 0.2) is 15.2 Å². The Bertz CT molecular complexity index is 420. The van der Waals surface area contributed by atoms with E-state index < -0.39 is 0 Å². The Hall–Kier alpha value is -0.810. The van der Waals surface area contributed by atoms with Crippen LogP contribution in [0.5, 0.6) is 0 Å². The molecule has 2 N–H and O–H groups in total. The van der Waals surface area contributed by atoms with E-state index >= 15 is 0 Å². The van der Waals surface area contributed by atoms with Gasteiger partial charge in [0.1, 0.15) is 0 Å². The normalized spacial score (nSPS) is 13.4. The van der Waals surface area contributed by atoms with Crippen LogP contribution in [0.3, 0.4) is 0 Å². The Labute approximate surface area is 116 Å². The number of hydrogen-bond donors (Lipinski definition) is 2. The maximum atomic E-state index is 12.0. The number of aliphatic hydroxyl groups is 1. The van der Waals surface area contributed by atoms with E-state index in [4.69, 9.17) is 4.42 Å². The van der Waals surface area contributed by atoms with Crippen LogP contribution in [-0.4, -0.2) is 23.7 Å². The average Bonchev–Trinajstić information content (AvgIpc) is 2.54. The average molecular weight is 318 g/mol. The smallest absolute Gasteiger partial charge is 0.287 e. The number of hydrogen-bond acceptors (Lipinski definition) is 3. The van der Waals surface area contributed by atoms with Crippen LogP contribution < -0.4 is 5.32 Å². The molecule has 0 saturated heterocycles. The summed E-state index contributed by atoms with van der Waals surface area (Å²) in [5, 5.41) is 12.1. The monoisotopic (exact) mass is 317 g/mol. The minimum atomic E-state index is -0.290. The summed E-state index contributed by atoms with van der Waals surface area (Å²) >= 11 is 3.19. The standard InChI is InChI=1S/C13H20BrNO3/c1-8-5-10(14)18-11(8)12(17)15-9(7-16)6-13(2,3)4/h5,9,16H,6-7H2,1-4H3,(H,15,17). The molecular weight excluding hydrogens is 298 g/mol. The fourth-order valence-electron chi connectivity index (χ4n) is 1.82. The minimum absolute atomic E-state index is 0.0411. The number of carbonyl (C=O) groups excluding carboxylic acids is 1. The Balaban J connectivity index is 2.71. The summed E-state index contributed by atoms with van der Waals surface area (Å²) in [5.41, 5.74) is 0.811. The van der Waals surface area contributed by atoms with Gasteiger partial charge in [-0.25, -0.2) is 0 Å². The molecule has 102 valence electrons. The number of aliphatic hydroxyl groups excluding tert-OH is 1. The summed E-state index contributed by atoms with van der Waals surface area (Å²) in [4.78, 5) is 12.0. The van der Waals surface area contributed by atoms with Crippen molar-refractivity contribution in [3.8, 4) is 0 Å². The van der Waals surface area contributed by atoms with Gasteiger partial charge in [-0.2, -0.15) is 0 Å². The van der Waals surface area contributed by atoms with Crippen LogP contribution in [0.1, 0.15) is 43.3 Å². The second kappa shape index (κ2) is 5.89. The first-order chi connectivity index (χ1) is 8.23. The third-order valence-corrected chi connectivity index (χ3v) is 2.90. The molecule has 0 radical (unpaired) electrons. The molecule has 0 aliphatic heterocycles. The molecule has 1 amide bonds. The second-order valence-corrected chi connectivity index (χ2v) is 6.46. The number of carbonyl (C=O) groups is 1. The quantitative estimate of drug-likeness (QED) is 0.897. The SMILES string of the molecule is Cc1cc(Br)oc1C(=O)NC(CO)CC(C)(C)C. The van der Waals surface area contributed by atoms with Crippen LogP contribution in [0.2, 0.25) is 0 Å². The van der Waals surface area contributed by atoms with Crippen molar-refractivity contribution >= 4 is 21.8 Å². The number of nitrogens with one attached hydrogen (secondary N) is 1. The summed E-state index contributed by atoms with van der Waals surface area (Å²) in [5.74, 6) is -0.00395. The number of furan rings is 1. The zero-order valence-corrected chi connectivity index (χ0v) is 12.8. The van der Waals surface area contributed by atoms with E-state index in [1.165, 1.54) is 0 Å². The summed E-state index contributed by atoms with van der Waals surface area (Å²) in [6, 6.07) is 1.48. The largest absolute Gasteiger partial charge is 0.444 e. The first-order valence-corrected chi connectivity index (χ1v) is 6.70. The van der Waals surface area contributed by atoms with E-state index in [1.807, 2.05) is 0 Å². The van der Waals surface area contributed by atoms with Crippen molar-refractivity contribution in [1.82, 2.24) is 5.32 Å². The van der Waals surface area contributed by atoms with Gasteiger partial charge in [0.2, 0.25) is 0 Å². The molecule has 1 heterocycles. The molecule has 1 unspecified atom stereocenters. The third-order valence-electron chi connectivity index (χ3n) is 2.51. The van der Waals surface area contributed by atoms with E-state index in [-0.39, 0.29) is 29.7 Å². The van der Waals surface area contributed by atoms with Gasteiger partial charge < -0.3 is 14.8 Å². The van der Waals surface area contributed by atoms with Crippen LogP contribution in [0, 0.1) is 12.3 Å². The van der Waals surface area contributed by atoms with Gasteiger partial charge in [0.05, 0.1) is 12.6 Å². The zero-order chi connectivity index (χ0) is 13.9. The van der Waals surface area contributed by atoms with Crippen LogP contribution >= 0.6 is 15.9 Å². The summed E-state index contributed by atoms with van der Waals surface area (Å²) in [6.45, 7) is 7.93. The molecule has 4 nitrogen and oxygen atoms in total. The van der Waals surface area contributed by atoms with Crippen molar-refractivity contribution in [1.29, 1.82) is 0 Å². The molecule has 0 aliphatic rings. The Morgan fingerprint density at radius 1 is 1.56 bits per heavy atom. The molecule has 0 saturated carbocycles. The Kier molecular flexibility index (Phi) is 4.99. The number of halogens is 1. The van der Waals surface area contributed by atoms with Crippen molar-refractivity contribution in [2.24, 2.45) is 5.41 Å². The van der Waals surface area contributed by atoms with Gasteiger partial charge in [0.15, 0.2) is 10.4 Å².